The molecule has 0 amide bonds. The van der Waals surface area contributed by atoms with Gasteiger partial charge in [-0.05, 0) is 27.7 Å². The molecule has 0 saturated heterocycles. The van der Waals surface area contributed by atoms with Crippen LogP contribution < -0.4 is 5.48 Å². The summed E-state index contributed by atoms with van der Waals surface area (Å²) in [6.07, 6.45) is -4.33. The zero-order valence-corrected chi connectivity index (χ0v) is 10.9. The fraction of sp³-hybridized carbons (Fsp3) is 0.727. The van der Waals surface area contributed by atoms with Gasteiger partial charge in [0, 0.05) is 17.8 Å². The van der Waals surface area contributed by atoms with E-state index in [2.05, 4.69) is 15.4 Å². The highest BCUT2D eigenvalue weighted by Gasteiger charge is 2.28. The van der Waals surface area contributed by atoms with Gasteiger partial charge in [-0.3, -0.25) is 9.52 Å². The summed E-state index contributed by atoms with van der Waals surface area (Å²) in [4.78, 5) is 4.46. The van der Waals surface area contributed by atoms with Gasteiger partial charge in [-0.2, -0.15) is 23.8 Å². The molecule has 0 aromatic carbocycles. The van der Waals surface area contributed by atoms with E-state index in [-0.39, 0.29) is 6.04 Å². The van der Waals surface area contributed by atoms with Crippen LogP contribution in [0.25, 0.3) is 0 Å². The third kappa shape index (κ3) is 3.71. The number of aryl methyl sites for hydroxylation is 2. The maximum absolute atomic E-state index is 11.9. The van der Waals surface area contributed by atoms with Crippen LogP contribution in [-0.2, 0) is 11.4 Å². The quantitative estimate of drug-likeness (QED) is 0.832. The number of aromatic nitrogens is 2. The minimum absolute atomic E-state index is 0.340. The second-order valence-corrected chi connectivity index (χ2v) is 4.14. The average molecular weight is 265 g/mol. The minimum Gasteiger partial charge on any atom is -0.292 e. The van der Waals surface area contributed by atoms with E-state index >= 15 is 0 Å². The number of nitrogens with zero attached hydrogens (tertiary/aromatic N) is 2. The van der Waals surface area contributed by atoms with Crippen molar-refractivity contribution in [3.8, 4) is 0 Å². The van der Waals surface area contributed by atoms with Crippen molar-refractivity contribution in [1.82, 2.24) is 15.3 Å². The summed E-state index contributed by atoms with van der Waals surface area (Å²) < 4.78 is 37.6. The van der Waals surface area contributed by atoms with Crippen molar-refractivity contribution in [2.75, 3.05) is 6.61 Å². The standard InChI is InChI=1S/C11H18F3N3O/c1-5-17-9(4)10(7(2)15-17)8(3)16-18-6-11(12,13)14/h8,16H,5-6H2,1-4H3. The number of hydrogen-bond acceptors (Lipinski definition) is 3. The molecule has 0 saturated carbocycles. The Labute approximate surface area is 104 Å². The number of rotatable bonds is 5. The van der Waals surface area contributed by atoms with E-state index in [0.717, 1.165) is 23.5 Å². The first-order chi connectivity index (χ1) is 8.26. The summed E-state index contributed by atoms with van der Waals surface area (Å²) in [7, 11) is 0. The van der Waals surface area contributed by atoms with Crippen LogP contribution >= 0.6 is 0 Å². The highest BCUT2D eigenvalue weighted by atomic mass is 19.4. The van der Waals surface area contributed by atoms with Gasteiger partial charge < -0.3 is 0 Å². The molecule has 1 atom stereocenters. The van der Waals surface area contributed by atoms with Crippen molar-refractivity contribution in [3.63, 3.8) is 0 Å². The van der Waals surface area contributed by atoms with Crippen LogP contribution in [0, 0.1) is 13.8 Å². The van der Waals surface area contributed by atoms with Crippen molar-refractivity contribution in [3.05, 3.63) is 17.0 Å². The predicted molar refractivity (Wildman–Crippen MR) is 60.9 cm³/mol. The first-order valence-corrected chi connectivity index (χ1v) is 5.74. The zero-order valence-electron chi connectivity index (χ0n) is 10.9. The number of nitrogens with one attached hydrogen (secondary N) is 1. The lowest BCUT2D eigenvalue weighted by Gasteiger charge is -2.15. The Hall–Kier alpha value is -1.08. The molecule has 0 aliphatic carbocycles. The second-order valence-electron chi connectivity index (χ2n) is 4.14. The third-order valence-corrected chi connectivity index (χ3v) is 2.67. The fourth-order valence-corrected chi connectivity index (χ4v) is 1.95. The molecule has 0 aliphatic rings. The molecule has 1 rings (SSSR count). The van der Waals surface area contributed by atoms with Crippen LogP contribution in [0.1, 0.15) is 36.8 Å². The van der Waals surface area contributed by atoms with Gasteiger partial charge in [-0.25, -0.2) is 0 Å². The fourth-order valence-electron chi connectivity index (χ4n) is 1.95. The second kappa shape index (κ2) is 5.71. The molecular weight excluding hydrogens is 247 g/mol. The largest absolute Gasteiger partial charge is 0.413 e. The van der Waals surface area contributed by atoms with Crippen LogP contribution in [-0.4, -0.2) is 22.6 Å². The number of halogens is 3. The number of hydroxylamine groups is 1. The summed E-state index contributed by atoms with van der Waals surface area (Å²) in [5, 5.41) is 4.31. The molecule has 1 aromatic heterocycles. The molecule has 0 aliphatic heterocycles. The van der Waals surface area contributed by atoms with E-state index in [4.69, 9.17) is 0 Å². The lowest BCUT2D eigenvalue weighted by atomic mass is 10.1. The lowest BCUT2D eigenvalue weighted by molar-refractivity contribution is -0.192. The van der Waals surface area contributed by atoms with E-state index < -0.39 is 12.8 Å². The summed E-state index contributed by atoms with van der Waals surface area (Å²) in [5.41, 5.74) is 5.01. The Bertz CT molecular complexity index is 401. The van der Waals surface area contributed by atoms with Crippen molar-refractivity contribution in [1.29, 1.82) is 0 Å². The molecular formula is C11H18F3N3O. The average Bonchev–Trinajstić information content (AvgIpc) is 2.51. The van der Waals surface area contributed by atoms with Crippen LogP contribution in [0.15, 0.2) is 0 Å². The Morgan fingerprint density at radius 3 is 2.44 bits per heavy atom. The summed E-state index contributed by atoms with van der Waals surface area (Å²) in [6, 6.07) is -0.340. The van der Waals surface area contributed by atoms with Crippen LogP contribution in [0.2, 0.25) is 0 Å². The maximum Gasteiger partial charge on any atom is 0.413 e. The van der Waals surface area contributed by atoms with Gasteiger partial charge in [0.25, 0.3) is 0 Å². The number of alkyl halides is 3. The lowest BCUT2D eigenvalue weighted by Crippen LogP contribution is -2.27. The first kappa shape index (κ1) is 15.0. The molecule has 1 heterocycles. The molecule has 7 heteroatoms. The summed E-state index contributed by atoms with van der Waals surface area (Å²) >= 11 is 0. The highest BCUT2D eigenvalue weighted by Crippen LogP contribution is 2.22. The van der Waals surface area contributed by atoms with Crippen LogP contribution in [0.4, 0.5) is 13.2 Å². The molecule has 18 heavy (non-hydrogen) atoms. The van der Waals surface area contributed by atoms with Gasteiger partial charge in [0.2, 0.25) is 0 Å². The molecule has 1 unspecified atom stereocenters. The van der Waals surface area contributed by atoms with Gasteiger partial charge in [-0.15, -0.1) is 0 Å². The molecule has 104 valence electrons. The van der Waals surface area contributed by atoms with Gasteiger partial charge in [0.15, 0.2) is 6.61 Å². The zero-order chi connectivity index (χ0) is 13.9. The summed E-state index contributed by atoms with van der Waals surface area (Å²) in [5.74, 6) is 0. The molecule has 0 radical (unpaired) electrons. The monoisotopic (exact) mass is 265 g/mol. The van der Waals surface area contributed by atoms with Gasteiger partial charge >= 0.3 is 6.18 Å². The highest BCUT2D eigenvalue weighted by molar-refractivity contribution is 5.27. The van der Waals surface area contributed by atoms with Crippen LogP contribution in [0.3, 0.4) is 0 Å². The van der Waals surface area contributed by atoms with E-state index in [0.29, 0.717) is 0 Å². The van der Waals surface area contributed by atoms with Crippen molar-refractivity contribution in [2.45, 2.75) is 46.5 Å². The molecule has 1 N–H and O–H groups in total. The third-order valence-electron chi connectivity index (χ3n) is 2.67. The number of hydrogen-bond donors (Lipinski definition) is 1. The Kier molecular flexibility index (Phi) is 4.75. The van der Waals surface area contributed by atoms with Crippen molar-refractivity contribution >= 4 is 0 Å². The normalized spacial score (nSPS) is 13.9. The Balaban J connectivity index is 2.67. The van der Waals surface area contributed by atoms with E-state index in [1.165, 1.54) is 0 Å². The van der Waals surface area contributed by atoms with Gasteiger partial charge in [-0.1, -0.05) is 0 Å². The molecule has 0 bridgehead atoms. The SMILES string of the molecule is CCn1nc(C)c(C(C)NOCC(F)(F)F)c1C. The first-order valence-electron chi connectivity index (χ1n) is 5.74. The van der Waals surface area contributed by atoms with Crippen molar-refractivity contribution in [2.24, 2.45) is 0 Å². The smallest absolute Gasteiger partial charge is 0.292 e. The topological polar surface area (TPSA) is 39.1 Å². The minimum atomic E-state index is -4.33. The van der Waals surface area contributed by atoms with Gasteiger partial charge in [0.05, 0.1) is 11.7 Å². The molecule has 4 nitrogen and oxygen atoms in total. The Morgan fingerprint density at radius 1 is 1.39 bits per heavy atom. The summed E-state index contributed by atoms with van der Waals surface area (Å²) in [6.45, 7) is 6.84. The van der Waals surface area contributed by atoms with E-state index in [1.807, 2.05) is 25.5 Å². The van der Waals surface area contributed by atoms with Gasteiger partial charge in [0.1, 0.15) is 0 Å². The van der Waals surface area contributed by atoms with E-state index in [1.54, 1.807) is 6.92 Å². The molecule has 0 spiro atoms. The van der Waals surface area contributed by atoms with E-state index in [9.17, 15) is 13.2 Å². The van der Waals surface area contributed by atoms with Crippen molar-refractivity contribution < 1.29 is 18.0 Å². The molecule has 0 fully saturated rings. The maximum atomic E-state index is 11.9. The predicted octanol–water partition coefficient (Wildman–Crippen LogP) is 2.66. The molecule has 1 aromatic rings. The Morgan fingerprint density at radius 2 is 2.00 bits per heavy atom. The van der Waals surface area contributed by atoms with Crippen LogP contribution in [0.5, 0.6) is 0 Å².